The molecule has 2 amide bonds. The Morgan fingerprint density at radius 2 is 2.04 bits per heavy atom. The molecule has 0 spiro atoms. The smallest absolute Gasteiger partial charge is 0.251 e. The van der Waals surface area contributed by atoms with Crippen LogP contribution in [0.3, 0.4) is 0 Å². The van der Waals surface area contributed by atoms with E-state index in [1.807, 2.05) is 48.2 Å². The summed E-state index contributed by atoms with van der Waals surface area (Å²) in [5.41, 5.74) is 1.67. The van der Waals surface area contributed by atoms with E-state index in [1.54, 1.807) is 0 Å². The standard InChI is InChI=1S/C19H28N4O2/c1-22(2)16-7-5-6-15(11-16)18(24)21-13-14-10-17(20-12-14)19(25)23-8-3-4-9-23/h5-7,11,14,17,20H,3-4,8-10,12-13H2,1-2H3,(H,21,24)/t14-,17-/m0/s1. The summed E-state index contributed by atoms with van der Waals surface area (Å²) in [5, 5.41) is 6.34. The summed E-state index contributed by atoms with van der Waals surface area (Å²) in [5.74, 6) is 0.473. The van der Waals surface area contributed by atoms with Crippen LogP contribution in [0.1, 0.15) is 29.6 Å². The van der Waals surface area contributed by atoms with Gasteiger partial charge >= 0.3 is 0 Å². The number of anilines is 1. The number of likely N-dealkylation sites (tertiary alicyclic amines) is 1. The maximum Gasteiger partial charge on any atom is 0.251 e. The Hall–Kier alpha value is -2.08. The van der Waals surface area contributed by atoms with Crippen molar-refractivity contribution in [3.05, 3.63) is 29.8 Å². The molecule has 0 saturated carbocycles. The number of benzene rings is 1. The van der Waals surface area contributed by atoms with Gasteiger partial charge in [0.1, 0.15) is 0 Å². The van der Waals surface area contributed by atoms with Crippen molar-refractivity contribution in [3.8, 4) is 0 Å². The van der Waals surface area contributed by atoms with E-state index in [0.29, 0.717) is 18.0 Å². The van der Waals surface area contributed by atoms with Crippen LogP contribution in [0.25, 0.3) is 0 Å². The van der Waals surface area contributed by atoms with Crippen LogP contribution in [0.2, 0.25) is 0 Å². The molecular weight excluding hydrogens is 316 g/mol. The van der Waals surface area contributed by atoms with Crippen LogP contribution in [0, 0.1) is 5.92 Å². The summed E-state index contributed by atoms with van der Waals surface area (Å²) in [7, 11) is 3.91. The van der Waals surface area contributed by atoms with Gasteiger partial charge in [-0.15, -0.1) is 0 Å². The third kappa shape index (κ3) is 4.31. The van der Waals surface area contributed by atoms with Crippen LogP contribution in [-0.4, -0.2) is 63.0 Å². The van der Waals surface area contributed by atoms with Crippen LogP contribution in [0.4, 0.5) is 5.69 Å². The van der Waals surface area contributed by atoms with Gasteiger partial charge in [-0.05, 0) is 43.4 Å². The second-order valence-electron chi connectivity index (χ2n) is 7.25. The van der Waals surface area contributed by atoms with Crippen LogP contribution in [0.5, 0.6) is 0 Å². The van der Waals surface area contributed by atoms with Gasteiger partial charge in [0.15, 0.2) is 0 Å². The highest BCUT2D eigenvalue weighted by Gasteiger charge is 2.33. The summed E-state index contributed by atoms with van der Waals surface area (Å²) in [4.78, 5) is 28.7. The molecule has 2 atom stereocenters. The van der Waals surface area contributed by atoms with Gasteiger partial charge in [-0.25, -0.2) is 0 Å². The number of hydrogen-bond acceptors (Lipinski definition) is 4. The van der Waals surface area contributed by atoms with Gasteiger partial charge < -0.3 is 20.4 Å². The zero-order chi connectivity index (χ0) is 17.8. The summed E-state index contributed by atoms with van der Waals surface area (Å²) in [6.45, 7) is 3.16. The molecule has 2 saturated heterocycles. The van der Waals surface area contributed by atoms with E-state index < -0.39 is 0 Å². The lowest BCUT2D eigenvalue weighted by Crippen LogP contribution is -2.42. The number of rotatable bonds is 5. The van der Waals surface area contributed by atoms with Gasteiger partial charge in [-0.3, -0.25) is 9.59 Å². The fourth-order valence-corrected chi connectivity index (χ4v) is 3.57. The molecule has 2 aliphatic rings. The highest BCUT2D eigenvalue weighted by atomic mass is 16.2. The molecule has 0 aliphatic carbocycles. The fraction of sp³-hybridized carbons (Fsp3) is 0.579. The maximum absolute atomic E-state index is 12.4. The normalized spacial score (nSPS) is 22.9. The first-order chi connectivity index (χ1) is 12.0. The Morgan fingerprint density at radius 1 is 1.28 bits per heavy atom. The zero-order valence-corrected chi connectivity index (χ0v) is 15.1. The first kappa shape index (κ1) is 17.7. The Morgan fingerprint density at radius 3 is 2.76 bits per heavy atom. The lowest BCUT2D eigenvalue weighted by Gasteiger charge is -2.20. The molecule has 2 fully saturated rings. The van der Waals surface area contributed by atoms with Crippen molar-refractivity contribution in [3.63, 3.8) is 0 Å². The van der Waals surface area contributed by atoms with Crippen LogP contribution >= 0.6 is 0 Å². The van der Waals surface area contributed by atoms with Crippen molar-refractivity contribution in [2.24, 2.45) is 5.92 Å². The maximum atomic E-state index is 12.4. The monoisotopic (exact) mass is 344 g/mol. The van der Waals surface area contributed by atoms with Crippen molar-refractivity contribution in [1.29, 1.82) is 0 Å². The van der Waals surface area contributed by atoms with Gasteiger partial charge in [-0.2, -0.15) is 0 Å². The van der Waals surface area contributed by atoms with Crippen molar-refractivity contribution >= 4 is 17.5 Å². The summed E-state index contributed by atoms with van der Waals surface area (Å²) in [6, 6.07) is 7.51. The Bertz CT molecular complexity index is 626. The van der Waals surface area contributed by atoms with Gasteiger partial charge in [0, 0.05) is 51.5 Å². The van der Waals surface area contributed by atoms with Gasteiger partial charge in [-0.1, -0.05) is 6.07 Å². The Labute approximate surface area is 149 Å². The molecular formula is C19H28N4O2. The highest BCUT2D eigenvalue weighted by molar-refractivity contribution is 5.95. The lowest BCUT2D eigenvalue weighted by molar-refractivity contribution is -0.132. The molecule has 0 unspecified atom stereocenters. The summed E-state index contributed by atoms with van der Waals surface area (Å²) >= 11 is 0. The minimum absolute atomic E-state index is 0.0574. The van der Waals surface area contributed by atoms with Crippen molar-refractivity contribution < 1.29 is 9.59 Å². The molecule has 2 N–H and O–H groups in total. The molecule has 3 rings (SSSR count). The van der Waals surface area contributed by atoms with E-state index in [9.17, 15) is 9.59 Å². The largest absolute Gasteiger partial charge is 0.378 e. The quantitative estimate of drug-likeness (QED) is 0.839. The summed E-state index contributed by atoms with van der Waals surface area (Å²) in [6.07, 6.45) is 3.03. The molecule has 0 bridgehead atoms. The van der Waals surface area contributed by atoms with Crippen LogP contribution < -0.4 is 15.5 Å². The average Bonchev–Trinajstić information content (AvgIpc) is 3.31. The van der Waals surface area contributed by atoms with Crippen LogP contribution in [0.15, 0.2) is 24.3 Å². The lowest BCUT2D eigenvalue weighted by atomic mass is 10.0. The van der Waals surface area contributed by atoms with E-state index in [4.69, 9.17) is 0 Å². The summed E-state index contributed by atoms with van der Waals surface area (Å²) < 4.78 is 0. The molecule has 6 heteroatoms. The first-order valence-corrected chi connectivity index (χ1v) is 9.12. The number of amides is 2. The van der Waals surface area contributed by atoms with E-state index in [-0.39, 0.29) is 17.9 Å². The predicted molar refractivity (Wildman–Crippen MR) is 98.8 cm³/mol. The van der Waals surface area contributed by atoms with E-state index in [1.165, 1.54) is 0 Å². The number of nitrogens with one attached hydrogen (secondary N) is 2. The van der Waals surface area contributed by atoms with Crippen molar-refractivity contribution in [2.45, 2.75) is 25.3 Å². The molecule has 6 nitrogen and oxygen atoms in total. The number of carbonyl (C=O) groups excluding carboxylic acids is 2. The van der Waals surface area contributed by atoms with Gasteiger partial charge in [0.25, 0.3) is 5.91 Å². The van der Waals surface area contributed by atoms with Gasteiger partial charge in [0.2, 0.25) is 5.91 Å². The second kappa shape index (κ2) is 7.87. The van der Waals surface area contributed by atoms with Crippen molar-refractivity contribution in [1.82, 2.24) is 15.5 Å². The molecule has 1 aromatic carbocycles. The highest BCUT2D eigenvalue weighted by Crippen LogP contribution is 2.18. The minimum Gasteiger partial charge on any atom is -0.378 e. The fourth-order valence-electron chi connectivity index (χ4n) is 3.57. The molecule has 0 radical (unpaired) electrons. The van der Waals surface area contributed by atoms with Crippen molar-refractivity contribution in [2.75, 3.05) is 45.2 Å². The second-order valence-corrected chi connectivity index (χ2v) is 7.25. The zero-order valence-electron chi connectivity index (χ0n) is 15.1. The Kier molecular flexibility index (Phi) is 5.58. The van der Waals surface area contributed by atoms with E-state index >= 15 is 0 Å². The van der Waals surface area contributed by atoms with Crippen LogP contribution in [-0.2, 0) is 4.79 Å². The Balaban J connectivity index is 1.48. The molecule has 25 heavy (non-hydrogen) atoms. The predicted octanol–water partition coefficient (Wildman–Crippen LogP) is 1.08. The SMILES string of the molecule is CN(C)c1cccc(C(=O)NC[C@@H]2CN[C@H](C(=O)N3CCCC3)C2)c1. The first-order valence-electron chi connectivity index (χ1n) is 9.12. The third-order valence-corrected chi connectivity index (χ3v) is 5.11. The molecule has 2 heterocycles. The molecule has 136 valence electrons. The topological polar surface area (TPSA) is 64.7 Å². The number of carbonyl (C=O) groups is 2. The molecule has 1 aromatic rings. The number of hydrogen-bond donors (Lipinski definition) is 2. The van der Waals surface area contributed by atoms with E-state index in [2.05, 4.69) is 10.6 Å². The molecule has 0 aromatic heterocycles. The number of nitrogens with zero attached hydrogens (tertiary/aromatic N) is 2. The third-order valence-electron chi connectivity index (χ3n) is 5.11. The average molecular weight is 344 g/mol. The molecule has 2 aliphatic heterocycles. The van der Waals surface area contributed by atoms with E-state index in [0.717, 1.165) is 44.6 Å². The van der Waals surface area contributed by atoms with Gasteiger partial charge in [0.05, 0.1) is 6.04 Å². The minimum atomic E-state index is -0.0860.